The van der Waals surface area contributed by atoms with Crippen LogP contribution in [0.25, 0.3) is 10.9 Å². The lowest BCUT2D eigenvalue weighted by molar-refractivity contribution is -0.116. The van der Waals surface area contributed by atoms with E-state index in [2.05, 4.69) is 22.5 Å². The molecule has 1 amide bonds. The second-order valence-corrected chi connectivity index (χ2v) is 7.65. The number of rotatable bonds is 8. The summed E-state index contributed by atoms with van der Waals surface area (Å²) in [6.07, 6.45) is 0.931. The molecule has 0 saturated carbocycles. The number of nitrogens with one attached hydrogen (secondary N) is 2. The first kappa shape index (κ1) is 22.1. The monoisotopic (exact) mass is 442 g/mol. The van der Waals surface area contributed by atoms with Gasteiger partial charge in [0, 0.05) is 17.6 Å². The number of carbonyl (C=O) groups is 1. The molecule has 0 saturated heterocycles. The number of hydrogen-bond donors (Lipinski definition) is 2. The van der Waals surface area contributed by atoms with E-state index in [9.17, 15) is 9.59 Å². The first-order valence-electron chi connectivity index (χ1n) is 10.8. The standard InChI is InChI=1S/C26H26N4O3/c1-3-18-8-12-20(13-9-18)28-24(31)17-30-23-7-5-4-6-22(23)25(29-26(30)32)27-16-19-10-14-21(33-2)15-11-19/h4-15H,3,16-17H2,1-2H3,(H,28,31)(H,27,29,32). The molecule has 0 aliphatic heterocycles. The number of methoxy groups -OCH3 is 1. The third kappa shape index (κ3) is 5.20. The molecule has 0 aliphatic rings. The van der Waals surface area contributed by atoms with E-state index in [-0.39, 0.29) is 12.5 Å². The van der Waals surface area contributed by atoms with Crippen molar-refractivity contribution in [3.63, 3.8) is 0 Å². The summed E-state index contributed by atoms with van der Waals surface area (Å²) in [7, 11) is 1.63. The summed E-state index contributed by atoms with van der Waals surface area (Å²) in [6.45, 7) is 2.45. The zero-order chi connectivity index (χ0) is 23.2. The van der Waals surface area contributed by atoms with E-state index in [1.54, 1.807) is 7.11 Å². The third-order valence-electron chi connectivity index (χ3n) is 5.45. The topological polar surface area (TPSA) is 85.2 Å². The molecule has 4 rings (SSSR count). The number of aromatic nitrogens is 2. The van der Waals surface area contributed by atoms with Gasteiger partial charge in [0.25, 0.3) is 0 Å². The van der Waals surface area contributed by atoms with Crippen LogP contribution in [0, 0.1) is 0 Å². The summed E-state index contributed by atoms with van der Waals surface area (Å²) in [5, 5.41) is 6.87. The van der Waals surface area contributed by atoms with Gasteiger partial charge in [0.15, 0.2) is 0 Å². The molecule has 0 unspecified atom stereocenters. The molecule has 0 aliphatic carbocycles. The van der Waals surface area contributed by atoms with Crippen LogP contribution < -0.4 is 21.1 Å². The van der Waals surface area contributed by atoms with Crippen molar-refractivity contribution >= 4 is 28.3 Å². The van der Waals surface area contributed by atoms with Crippen molar-refractivity contribution in [2.45, 2.75) is 26.4 Å². The second-order valence-electron chi connectivity index (χ2n) is 7.65. The molecule has 7 heteroatoms. The Morgan fingerprint density at radius 2 is 1.67 bits per heavy atom. The number of fused-ring (bicyclic) bond motifs is 1. The van der Waals surface area contributed by atoms with Gasteiger partial charge in [-0.2, -0.15) is 4.98 Å². The minimum atomic E-state index is -0.484. The number of nitrogens with zero attached hydrogens (tertiary/aromatic N) is 2. The molecule has 0 radical (unpaired) electrons. The summed E-state index contributed by atoms with van der Waals surface area (Å²) in [4.78, 5) is 29.7. The molecular weight excluding hydrogens is 416 g/mol. The number of anilines is 2. The molecule has 0 spiro atoms. The van der Waals surface area contributed by atoms with E-state index < -0.39 is 5.69 Å². The Bertz CT molecular complexity index is 1310. The van der Waals surface area contributed by atoms with Gasteiger partial charge in [-0.15, -0.1) is 0 Å². The van der Waals surface area contributed by atoms with Gasteiger partial charge >= 0.3 is 5.69 Å². The summed E-state index contributed by atoms with van der Waals surface area (Å²) >= 11 is 0. The van der Waals surface area contributed by atoms with Gasteiger partial charge < -0.3 is 15.4 Å². The normalized spacial score (nSPS) is 10.7. The van der Waals surface area contributed by atoms with Gasteiger partial charge in [-0.25, -0.2) is 4.79 Å². The molecule has 1 heterocycles. The lowest BCUT2D eigenvalue weighted by atomic mass is 10.1. The van der Waals surface area contributed by atoms with Crippen LogP contribution in [0.1, 0.15) is 18.1 Å². The highest BCUT2D eigenvalue weighted by atomic mass is 16.5. The minimum Gasteiger partial charge on any atom is -0.497 e. The molecule has 1 aromatic heterocycles. The second kappa shape index (κ2) is 9.99. The minimum absolute atomic E-state index is 0.124. The van der Waals surface area contributed by atoms with Crippen LogP contribution in [0.2, 0.25) is 0 Å². The predicted molar refractivity (Wildman–Crippen MR) is 131 cm³/mol. The van der Waals surface area contributed by atoms with Crippen molar-refractivity contribution in [1.29, 1.82) is 0 Å². The average molecular weight is 443 g/mol. The summed E-state index contributed by atoms with van der Waals surface area (Å²) in [5.41, 5.74) is 3.07. The van der Waals surface area contributed by atoms with Crippen molar-refractivity contribution in [3.8, 4) is 5.75 Å². The molecule has 0 fully saturated rings. The number of benzene rings is 3. The van der Waals surface area contributed by atoms with Crippen LogP contribution in [0.4, 0.5) is 11.5 Å². The zero-order valence-electron chi connectivity index (χ0n) is 18.7. The van der Waals surface area contributed by atoms with Crippen LogP contribution in [-0.4, -0.2) is 22.6 Å². The van der Waals surface area contributed by atoms with Crippen LogP contribution in [-0.2, 0) is 24.3 Å². The van der Waals surface area contributed by atoms with E-state index in [4.69, 9.17) is 4.74 Å². The molecule has 4 aromatic rings. The highest BCUT2D eigenvalue weighted by Crippen LogP contribution is 2.21. The van der Waals surface area contributed by atoms with Gasteiger partial charge in [-0.05, 0) is 53.9 Å². The van der Waals surface area contributed by atoms with Crippen LogP contribution in [0.3, 0.4) is 0 Å². The summed E-state index contributed by atoms with van der Waals surface area (Å²) in [6, 6.07) is 22.8. The highest BCUT2D eigenvalue weighted by molar-refractivity contribution is 5.93. The number of amides is 1. The van der Waals surface area contributed by atoms with Gasteiger partial charge in [0.2, 0.25) is 5.91 Å². The van der Waals surface area contributed by atoms with E-state index in [0.29, 0.717) is 23.6 Å². The number of aryl methyl sites for hydroxylation is 1. The average Bonchev–Trinajstić information content (AvgIpc) is 2.85. The van der Waals surface area contributed by atoms with Crippen molar-refractivity contribution in [2.75, 3.05) is 17.7 Å². The number of para-hydroxylation sites is 1. The molecule has 2 N–H and O–H groups in total. The Morgan fingerprint density at radius 3 is 2.36 bits per heavy atom. The molecular formula is C26H26N4O3. The Hall–Kier alpha value is -4.13. The first-order valence-corrected chi connectivity index (χ1v) is 10.8. The first-order chi connectivity index (χ1) is 16.1. The Morgan fingerprint density at radius 1 is 0.970 bits per heavy atom. The maximum atomic E-state index is 12.8. The van der Waals surface area contributed by atoms with Gasteiger partial charge in [-0.3, -0.25) is 9.36 Å². The van der Waals surface area contributed by atoms with E-state index >= 15 is 0 Å². The smallest absolute Gasteiger partial charge is 0.350 e. The number of hydrogen-bond acceptors (Lipinski definition) is 5. The maximum absolute atomic E-state index is 12.8. The highest BCUT2D eigenvalue weighted by Gasteiger charge is 2.13. The Kier molecular flexibility index (Phi) is 6.69. The van der Waals surface area contributed by atoms with E-state index in [0.717, 1.165) is 23.1 Å². The molecule has 0 bridgehead atoms. The predicted octanol–water partition coefficient (Wildman–Crippen LogP) is 4.22. The van der Waals surface area contributed by atoms with Crippen molar-refractivity contribution in [2.24, 2.45) is 0 Å². The lowest BCUT2D eigenvalue weighted by Crippen LogP contribution is -2.30. The SMILES string of the molecule is CCc1ccc(NC(=O)Cn2c(=O)nc(NCc3ccc(OC)cc3)c3ccccc32)cc1. The fourth-order valence-corrected chi connectivity index (χ4v) is 3.61. The maximum Gasteiger partial charge on any atom is 0.350 e. The van der Waals surface area contributed by atoms with Gasteiger partial charge in [-0.1, -0.05) is 43.3 Å². The fourth-order valence-electron chi connectivity index (χ4n) is 3.61. The van der Waals surface area contributed by atoms with Crippen LogP contribution in [0.15, 0.2) is 77.6 Å². The third-order valence-corrected chi connectivity index (χ3v) is 5.45. The fraction of sp³-hybridized carbons (Fsp3) is 0.192. The van der Waals surface area contributed by atoms with Crippen molar-refractivity contribution in [3.05, 3.63) is 94.4 Å². The molecule has 33 heavy (non-hydrogen) atoms. The molecule has 168 valence electrons. The van der Waals surface area contributed by atoms with E-state index in [1.165, 1.54) is 10.1 Å². The lowest BCUT2D eigenvalue weighted by Gasteiger charge is -2.14. The largest absolute Gasteiger partial charge is 0.497 e. The quantitative estimate of drug-likeness (QED) is 0.427. The molecule has 7 nitrogen and oxygen atoms in total. The zero-order valence-corrected chi connectivity index (χ0v) is 18.7. The number of carbonyl (C=O) groups excluding carboxylic acids is 1. The van der Waals surface area contributed by atoms with Crippen LogP contribution >= 0.6 is 0 Å². The Balaban J connectivity index is 1.54. The van der Waals surface area contributed by atoms with Crippen LogP contribution in [0.5, 0.6) is 5.75 Å². The van der Waals surface area contributed by atoms with Crippen molar-refractivity contribution in [1.82, 2.24) is 9.55 Å². The number of ether oxygens (including phenoxy) is 1. The Labute approximate surface area is 192 Å². The summed E-state index contributed by atoms with van der Waals surface area (Å²) in [5.74, 6) is 0.981. The van der Waals surface area contributed by atoms with Gasteiger partial charge in [0.1, 0.15) is 18.1 Å². The van der Waals surface area contributed by atoms with Crippen molar-refractivity contribution < 1.29 is 9.53 Å². The van der Waals surface area contributed by atoms with Gasteiger partial charge in [0.05, 0.1) is 12.6 Å². The summed E-state index contributed by atoms with van der Waals surface area (Å²) < 4.78 is 6.58. The van der Waals surface area contributed by atoms with E-state index in [1.807, 2.05) is 72.8 Å². The molecule has 3 aromatic carbocycles. The molecule has 0 atom stereocenters.